The summed E-state index contributed by atoms with van der Waals surface area (Å²) in [7, 11) is 0. The van der Waals surface area contributed by atoms with Gasteiger partial charge in [-0.2, -0.15) is 0 Å². The number of aromatic carboxylic acids is 1. The van der Waals surface area contributed by atoms with Crippen molar-refractivity contribution in [2.45, 2.75) is 26.3 Å². The highest BCUT2D eigenvalue weighted by atomic mass is 16.4. The van der Waals surface area contributed by atoms with Gasteiger partial charge in [0, 0.05) is 19.6 Å². The first kappa shape index (κ1) is 16.5. The molecule has 1 N–H and O–H groups in total. The number of aryl methyl sites for hydroxylation is 1. The average molecular weight is 321 g/mol. The summed E-state index contributed by atoms with van der Waals surface area (Å²) in [6.45, 7) is 5.00. The van der Waals surface area contributed by atoms with Gasteiger partial charge in [-0.3, -0.25) is 4.90 Å². The Kier molecular flexibility index (Phi) is 5.11. The maximum atomic E-state index is 10.9. The van der Waals surface area contributed by atoms with Gasteiger partial charge in [0.15, 0.2) is 0 Å². The molecule has 0 aromatic heterocycles. The van der Waals surface area contributed by atoms with E-state index in [2.05, 4.69) is 42.2 Å². The SMILES string of the molecule is CCc1ccc(C2=CCN(Cc3ccc(C(=O)O)cc3)CC2)cc1. The molecule has 0 spiro atoms. The molecule has 3 heteroatoms. The van der Waals surface area contributed by atoms with Gasteiger partial charge < -0.3 is 5.11 Å². The van der Waals surface area contributed by atoms with Crippen molar-refractivity contribution in [1.29, 1.82) is 0 Å². The fourth-order valence-corrected chi connectivity index (χ4v) is 3.08. The molecule has 0 saturated heterocycles. The molecule has 3 rings (SSSR count). The Bertz CT molecular complexity index is 729. The van der Waals surface area contributed by atoms with Crippen LogP contribution in [0.4, 0.5) is 0 Å². The first-order valence-electron chi connectivity index (χ1n) is 8.48. The Morgan fingerprint density at radius 3 is 2.25 bits per heavy atom. The minimum atomic E-state index is -0.874. The van der Waals surface area contributed by atoms with Crippen LogP contribution in [0.25, 0.3) is 5.57 Å². The van der Waals surface area contributed by atoms with Crippen LogP contribution in [-0.4, -0.2) is 29.1 Å². The molecule has 0 unspecified atom stereocenters. The predicted molar refractivity (Wildman–Crippen MR) is 97.1 cm³/mol. The number of carbonyl (C=O) groups is 1. The number of hydrogen-bond acceptors (Lipinski definition) is 2. The number of carboxylic acid groups (broad SMARTS) is 1. The van der Waals surface area contributed by atoms with Gasteiger partial charge in [0.25, 0.3) is 0 Å². The van der Waals surface area contributed by atoms with E-state index < -0.39 is 5.97 Å². The molecule has 1 heterocycles. The number of nitrogens with zero attached hydrogens (tertiary/aromatic N) is 1. The van der Waals surface area contributed by atoms with Crippen molar-refractivity contribution in [3.63, 3.8) is 0 Å². The molecule has 124 valence electrons. The fraction of sp³-hybridized carbons (Fsp3) is 0.286. The molecule has 0 radical (unpaired) electrons. The van der Waals surface area contributed by atoms with Gasteiger partial charge in [-0.15, -0.1) is 0 Å². The van der Waals surface area contributed by atoms with Crippen LogP contribution in [0.15, 0.2) is 54.6 Å². The second-order valence-corrected chi connectivity index (χ2v) is 6.27. The lowest BCUT2D eigenvalue weighted by molar-refractivity contribution is 0.0697. The largest absolute Gasteiger partial charge is 0.478 e. The lowest BCUT2D eigenvalue weighted by Gasteiger charge is -2.26. The second kappa shape index (κ2) is 7.45. The molecule has 3 nitrogen and oxygen atoms in total. The number of carboxylic acids is 1. The molecule has 0 bridgehead atoms. The molecule has 1 aliphatic rings. The molecular weight excluding hydrogens is 298 g/mol. The van der Waals surface area contributed by atoms with Crippen molar-refractivity contribution in [2.75, 3.05) is 13.1 Å². The van der Waals surface area contributed by atoms with E-state index in [4.69, 9.17) is 5.11 Å². The minimum Gasteiger partial charge on any atom is -0.478 e. The normalized spacial score (nSPS) is 15.1. The van der Waals surface area contributed by atoms with Crippen molar-refractivity contribution in [2.24, 2.45) is 0 Å². The van der Waals surface area contributed by atoms with Gasteiger partial charge in [-0.05, 0) is 47.2 Å². The Morgan fingerprint density at radius 1 is 1.04 bits per heavy atom. The van der Waals surface area contributed by atoms with E-state index in [1.807, 2.05) is 12.1 Å². The summed E-state index contributed by atoms with van der Waals surface area (Å²) in [6.07, 6.45) is 4.45. The van der Waals surface area contributed by atoms with Crippen LogP contribution in [0.2, 0.25) is 0 Å². The molecule has 2 aromatic rings. The van der Waals surface area contributed by atoms with E-state index in [1.54, 1.807) is 12.1 Å². The van der Waals surface area contributed by atoms with E-state index in [0.717, 1.165) is 38.0 Å². The third kappa shape index (κ3) is 3.92. The molecule has 0 amide bonds. The zero-order valence-corrected chi connectivity index (χ0v) is 14.0. The van der Waals surface area contributed by atoms with Crippen LogP contribution in [0, 0.1) is 0 Å². The summed E-state index contributed by atoms with van der Waals surface area (Å²) in [5, 5.41) is 8.95. The Morgan fingerprint density at radius 2 is 1.71 bits per heavy atom. The van der Waals surface area contributed by atoms with Crippen LogP contribution >= 0.6 is 0 Å². The molecule has 1 aliphatic heterocycles. The van der Waals surface area contributed by atoms with Crippen LogP contribution in [0.3, 0.4) is 0 Å². The van der Waals surface area contributed by atoms with Crippen molar-refractivity contribution in [3.05, 3.63) is 76.9 Å². The molecule has 0 fully saturated rings. The van der Waals surface area contributed by atoms with Gasteiger partial charge >= 0.3 is 5.97 Å². The highest BCUT2D eigenvalue weighted by Gasteiger charge is 2.13. The standard InChI is InChI=1S/C21H23NO2/c1-2-16-3-7-18(8-4-16)19-11-13-22(14-12-19)15-17-5-9-20(10-6-17)21(23)24/h3-11H,2,12-15H2,1H3,(H,23,24). The zero-order valence-electron chi connectivity index (χ0n) is 14.0. The van der Waals surface area contributed by atoms with E-state index in [-0.39, 0.29) is 0 Å². The Balaban J connectivity index is 1.61. The Labute approximate surface area is 143 Å². The van der Waals surface area contributed by atoms with Crippen molar-refractivity contribution in [1.82, 2.24) is 4.90 Å². The summed E-state index contributed by atoms with van der Waals surface area (Å²) in [4.78, 5) is 13.3. The summed E-state index contributed by atoms with van der Waals surface area (Å²) in [5.41, 5.74) is 5.63. The quantitative estimate of drug-likeness (QED) is 0.895. The van der Waals surface area contributed by atoms with Crippen molar-refractivity contribution >= 4 is 11.5 Å². The van der Waals surface area contributed by atoms with Gasteiger partial charge in [0.05, 0.1) is 5.56 Å². The van der Waals surface area contributed by atoms with E-state index >= 15 is 0 Å². The average Bonchev–Trinajstić information content (AvgIpc) is 2.63. The van der Waals surface area contributed by atoms with Gasteiger partial charge in [-0.1, -0.05) is 49.4 Å². The van der Waals surface area contributed by atoms with Crippen molar-refractivity contribution in [3.8, 4) is 0 Å². The maximum absolute atomic E-state index is 10.9. The summed E-state index contributed by atoms with van der Waals surface area (Å²) < 4.78 is 0. The smallest absolute Gasteiger partial charge is 0.335 e. The topological polar surface area (TPSA) is 40.5 Å². The first-order valence-corrected chi connectivity index (χ1v) is 8.48. The van der Waals surface area contributed by atoms with Crippen molar-refractivity contribution < 1.29 is 9.90 Å². The summed E-state index contributed by atoms with van der Waals surface area (Å²) in [6, 6.07) is 16.1. The summed E-state index contributed by atoms with van der Waals surface area (Å²) >= 11 is 0. The summed E-state index contributed by atoms with van der Waals surface area (Å²) in [5.74, 6) is -0.874. The number of benzene rings is 2. The fourth-order valence-electron chi connectivity index (χ4n) is 3.08. The molecule has 2 aromatic carbocycles. The molecular formula is C21H23NO2. The zero-order chi connectivity index (χ0) is 16.9. The minimum absolute atomic E-state index is 0.343. The van der Waals surface area contributed by atoms with Gasteiger partial charge in [0.2, 0.25) is 0 Å². The van der Waals surface area contributed by atoms with Crippen LogP contribution in [0.1, 0.15) is 40.4 Å². The highest BCUT2D eigenvalue weighted by Crippen LogP contribution is 2.23. The van der Waals surface area contributed by atoms with E-state index in [0.29, 0.717) is 5.56 Å². The van der Waals surface area contributed by atoms with Crippen LogP contribution in [-0.2, 0) is 13.0 Å². The monoisotopic (exact) mass is 321 g/mol. The highest BCUT2D eigenvalue weighted by molar-refractivity contribution is 5.87. The van der Waals surface area contributed by atoms with Gasteiger partial charge in [-0.25, -0.2) is 4.79 Å². The molecule has 0 aliphatic carbocycles. The molecule has 24 heavy (non-hydrogen) atoms. The molecule has 0 saturated carbocycles. The second-order valence-electron chi connectivity index (χ2n) is 6.27. The predicted octanol–water partition coefficient (Wildman–Crippen LogP) is 4.24. The maximum Gasteiger partial charge on any atom is 0.335 e. The molecule has 0 atom stereocenters. The lowest BCUT2D eigenvalue weighted by Crippen LogP contribution is -2.28. The number of rotatable bonds is 5. The van der Waals surface area contributed by atoms with Crippen LogP contribution in [0.5, 0.6) is 0 Å². The Hall–Kier alpha value is -2.39. The first-order chi connectivity index (χ1) is 11.7. The number of hydrogen-bond donors (Lipinski definition) is 1. The third-order valence-electron chi connectivity index (χ3n) is 4.63. The van der Waals surface area contributed by atoms with Gasteiger partial charge in [0.1, 0.15) is 0 Å². The van der Waals surface area contributed by atoms with Crippen LogP contribution < -0.4 is 0 Å². The lowest BCUT2D eigenvalue weighted by atomic mass is 9.97. The third-order valence-corrected chi connectivity index (χ3v) is 4.63. The van der Waals surface area contributed by atoms with E-state index in [9.17, 15) is 4.79 Å². The van der Waals surface area contributed by atoms with E-state index in [1.165, 1.54) is 16.7 Å².